The topological polar surface area (TPSA) is 89.7 Å². The van der Waals surface area contributed by atoms with E-state index < -0.39 is 22.2 Å². The molecule has 0 heterocycles. The Hall–Kier alpha value is -1.44. The van der Waals surface area contributed by atoms with Crippen LogP contribution in [0.4, 0.5) is 0 Å². The Morgan fingerprint density at radius 1 is 1.29 bits per heavy atom. The maximum atomic E-state index is 11.9. The number of carbonyl (C=O) groups is 1. The van der Waals surface area contributed by atoms with Gasteiger partial charge in [0.1, 0.15) is 6.04 Å². The lowest BCUT2D eigenvalue weighted by molar-refractivity contribution is -0.145. The Labute approximate surface area is 126 Å². The van der Waals surface area contributed by atoms with E-state index in [0.29, 0.717) is 6.42 Å². The second kappa shape index (κ2) is 7.53. The van der Waals surface area contributed by atoms with Crippen molar-refractivity contribution in [3.8, 4) is 0 Å². The summed E-state index contributed by atoms with van der Waals surface area (Å²) in [6.45, 7) is 3.84. The van der Waals surface area contributed by atoms with Crippen LogP contribution >= 0.6 is 0 Å². The minimum Gasteiger partial charge on any atom is -0.468 e. The van der Waals surface area contributed by atoms with Crippen molar-refractivity contribution >= 4 is 16.2 Å². The molecule has 0 fully saturated rings. The van der Waals surface area contributed by atoms with Gasteiger partial charge in [-0.1, -0.05) is 44.2 Å². The fraction of sp³-hybridized carbons (Fsp3) is 0.500. The van der Waals surface area contributed by atoms with Gasteiger partial charge in [0, 0.05) is 6.54 Å². The van der Waals surface area contributed by atoms with Crippen molar-refractivity contribution in [1.82, 2.24) is 4.31 Å². The summed E-state index contributed by atoms with van der Waals surface area (Å²) in [5, 5.41) is 5.29. The highest BCUT2D eigenvalue weighted by atomic mass is 32.2. The summed E-state index contributed by atoms with van der Waals surface area (Å²) in [4.78, 5) is 11.9. The summed E-state index contributed by atoms with van der Waals surface area (Å²) in [5.41, 5.74) is 0.754. The molecule has 0 amide bonds. The first kappa shape index (κ1) is 17.6. The number of carbonyl (C=O) groups excluding carboxylic acids is 1. The zero-order valence-corrected chi connectivity index (χ0v) is 13.3. The Bertz CT molecular complexity index is 558. The maximum absolute atomic E-state index is 11.9. The zero-order chi connectivity index (χ0) is 16.0. The molecule has 118 valence electrons. The highest BCUT2D eigenvalue weighted by Gasteiger charge is 2.34. The molecule has 0 spiro atoms. The van der Waals surface area contributed by atoms with Gasteiger partial charge in [0.05, 0.1) is 7.11 Å². The Kier molecular flexibility index (Phi) is 6.32. The summed E-state index contributed by atoms with van der Waals surface area (Å²) in [7, 11) is -2.79. The molecule has 1 aromatic rings. The molecule has 1 rings (SSSR count). The summed E-state index contributed by atoms with van der Waals surface area (Å²) < 4.78 is 29.5. The van der Waals surface area contributed by atoms with Gasteiger partial charge in [-0.2, -0.15) is 12.7 Å². The smallest absolute Gasteiger partial charge is 0.324 e. The van der Waals surface area contributed by atoms with E-state index in [4.69, 9.17) is 9.88 Å². The van der Waals surface area contributed by atoms with E-state index in [0.717, 1.165) is 9.87 Å². The van der Waals surface area contributed by atoms with Gasteiger partial charge in [-0.3, -0.25) is 4.79 Å². The van der Waals surface area contributed by atoms with E-state index in [2.05, 4.69) is 0 Å². The number of rotatable bonds is 7. The van der Waals surface area contributed by atoms with Crippen molar-refractivity contribution in [1.29, 1.82) is 0 Å². The number of hydrogen-bond acceptors (Lipinski definition) is 4. The molecular weight excluding hydrogens is 292 g/mol. The molecule has 1 aromatic carbocycles. The van der Waals surface area contributed by atoms with Crippen LogP contribution in [0, 0.1) is 5.92 Å². The number of ether oxygens (including phenoxy) is 1. The molecule has 1 atom stereocenters. The average molecular weight is 314 g/mol. The summed E-state index contributed by atoms with van der Waals surface area (Å²) in [6, 6.07) is 8.06. The van der Waals surface area contributed by atoms with E-state index in [1.807, 2.05) is 19.9 Å². The standard InChI is InChI=1S/C14H22N2O4S/c1-11(2)9-13(14(17)20-3)16(21(15,18)19)10-12-7-5-4-6-8-12/h4-8,11,13H,9-10H2,1-3H3,(H2,15,18,19). The molecule has 6 nitrogen and oxygen atoms in total. The van der Waals surface area contributed by atoms with Gasteiger partial charge in [0.25, 0.3) is 10.2 Å². The van der Waals surface area contributed by atoms with Gasteiger partial charge in [0.2, 0.25) is 0 Å². The average Bonchev–Trinajstić information content (AvgIpc) is 2.41. The van der Waals surface area contributed by atoms with E-state index >= 15 is 0 Å². The van der Waals surface area contributed by atoms with Crippen molar-refractivity contribution in [3.05, 3.63) is 35.9 Å². The van der Waals surface area contributed by atoms with E-state index in [1.165, 1.54) is 7.11 Å². The molecule has 1 unspecified atom stereocenters. The van der Waals surface area contributed by atoms with E-state index in [9.17, 15) is 13.2 Å². The predicted octanol–water partition coefficient (Wildman–Crippen LogP) is 1.28. The van der Waals surface area contributed by atoms with Crippen LogP contribution in [-0.2, 0) is 26.3 Å². The van der Waals surface area contributed by atoms with Crippen LogP contribution < -0.4 is 5.14 Å². The van der Waals surface area contributed by atoms with Crippen LogP contribution in [0.1, 0.15) is 25.8 Å². The molecule has 0 radical (unpaired) electrons. The molecule has 2 N–H and O–H groups in total. The lowest BCUT2D eigenvalue weighted by atomic mass is 10.0. The van der Waals surface area contributed by atoms with Crippen LogP contribution in [0.2, 0.25) is 0 Å². The van der Waals surface area contributed by atoms with Crippen molar-refractivity contribution in [2.45, 2.75) is 32.9 Å². The quantitative estimate of drug-likeness (QED) is 0.768. The largest absolute Gasteiger partial charge is 0.468 e. The maximum Gasteiger partial charge on any atom is 0.324 e. The number of nitrogens with two attached hydrogens (primary N) is 1. The SMILES string of the molecule is COC(=O)C(CC(C)C)N(Cc1ccccc1)S(N)(=O)=O. The first-order chi connectivity index (χ1) is 9.75. The van der Waals surface area contributed by atoms with Gasteiger partial charge in [-0.15, -0.1) is 0 Å². The first-order valence-electron chi connectivity index (χ1n) is 6.67. The third-order valence-corrected chi connectivity index (χ3v) is 4.06. The molecule has 7 heteroatoms. The third-order valence-electron chi connectivity index (χ3n) is 3.02. The molecular formula is C14H22N2O4S. The van der Waals surface area contributed by atoms with Crippen LogP contribution in [0.5, 0.6) is 0 Å². The van der Waals surface area contributed by atoms with Crippen molar-refractivity contribution in [3.63, 3.8) is 0 Å². The van der Waals surface area contributed by atoms with E-state index in [-0.39, 0.29) is 12.5 Å². The normalized spacial score (nSPS) is 13.4. The fourth-order valence-electron chi connectivity index (χ4n) is 2.05. The minimum atomic E-state index is -4.03. The van der Waals surface area contributed by atoms with Gasteiger partial charge in [-0.05, 0) is 17.9 Å². The zero-order valence-electron chi connectivity index (χ0n) is 12.5. The Morgan fingerprint density at radius 2 is 1.86 bits per heavy atom. The van der Waals surface area contributed by atoms with Gasteiger partial charge in [-0.25, -0.2) is 5.14 Å². The molecule has 0 aliphatic rings. The van der Waals surface area contributed by atoms with Gasteiger partial charge < -0.3 is 4.74 Å². The highest BCUT2D eigenvalue weighted by Crippen LogP contribution is 2.18. The van der Waals surface area contributed by atoms with Gasteiger partial charge in [0.15, 0.2) is 0 Å². The lowest BCUT2D eigenvalue weighted by Crippen LogP contribution is -2.48. The minimum absolute atomic E-state index is 0.0339. The van der Waals surface area contributed by atoms with E-state index in [1.54, 1.807) is 24.3 Å². The highest BCUT2D eigenvalue weighted by molar-refractivity contribution is 7.86. The molecule has 0 saturated heterocycles. The number of nitrogens with zero attached hydrogens (tertiary/aromatic N) is 1. The number of esters is 1. The molecule has 21 heavy (non-hydrogen) atoms. The van der Waals surface area contributed by atoms with Gasteiger partial charge >= 0.3 is 5.97 Å². The molecule has 0 aromatic heterocycles. The van der Waals surface area contributed by atoms with Crippen molar-refractivity contribution < 1.29 is 17.9 Å². The summed E-state index contributed by atoms with van der Waals surface area (Å²) in [6.07, 6.45) is 0.343. The van der Waals surface area contributed by atoms with Crippen LogP contribution in [0.25, 0.3) is 0 Å². The van der Waals surface area contributed by atoms with Crippen molar-refractivity contribution in [2.24, 2.45) is 11.1 Å². The summed E-state index contributed by atoms with van der Waals surface area (Å²) in [5.74, 6) is -0.484. The van der Waals surface area contributed by atoms with Crippen LogP contribution in [0.15, 0.2) is 30.3 Å². The Morgan fingerprint density at radius 3 is 2.29 bits per heavy atom. The Balaban J connectivity index is 3.12. The molecule has 0 saturated carbocycles. The molecule has 0 aliphatic heterocycles. The molecule has 0 aliphatic carbocycles. The number of hydrogen-bond donors (Lipinski definition) is 1. The predicted molar refractivity (Wildman–Crippen MR) is 80.4 cm³/mol. The second-order valence-corrected chi connectivity index (χ2v) is 6.74. The lowest BCUT2D eigenvalue weighted by Gasteiger charge is -2.28. The summed E-state index contributed by atoms with van der Waals surface area (Å²) >= 11 is 0. The fourth-order valence-corrected chi connectivity index (χ4v) is 2.91. The monoisotopic (exact) mass is 314 g/mol. The number of benzene rings is 1. The van der Waals surface area contributed by atoms with Crippen molar-refractivity contribution in [2.75, 3.05) is 7.11 Å². The number of methoxy groups -OCH3 is 1. The second-order valence-electron chi connectivity index (χ2n) is 5.24. The van der Waals surface area contributed by atoms with Crippen LogP contribution in [0.3, 0.4) is 0 Å². The first-order valence-corrected chi connectivity index (χ1v) is 8.17. The van der Waals surface area contributed by atoms with Crippen LogP contribution in [-0.4, -0.2) is 31.8 Å². The third kappa shape index (κ3) is 5.45. The molecule has 0 bridgehead atoms.